The predicted molar refractivity (Wildman–Crippen MR) is 92.5 cm³/mol. The van der Waals surface area contributed by atoms with Gasteiger partial charge < -0.3 is 15.4 Å². The number of methoxy groups -OCH3 is 1. The molecule has 0 aliphatic heterocycles. The van der Waals surface area contributed by atoms with Crippen molar-refractivity contribution < 1.29 is 9.53 Å². The Hall–Kier alpha value is -2.08. The van der Waals surface area contributed by atoms with E-state index in [1.807, 2.05) is 31.2 Å². The minimum Gasteiger partial charge on any atom is -0.497 e. The number of ether oxygens (including phenoxy) is 1. The average Bonchev–Trinajstić information content (AvgIpc) is 3.29. The van der Waals surface area contributed by atoms with Crippen molar-refractivity contribution in [1.82, 2.24) is 10.3 Å². The predicted octanol–water partition coefficient (Wildman–Crippen LogP) is 3.01. The molecule has 2 aromatic rings. The van der Waals surface area contributed by atoms with Crippen molar-refractivity contribution >= 4 is 22.4 Å². The Kier molecular flexibility index (Phi) is 4.81. The lowest BCUT2D eigenvalue weighted by atomic mass is 10.1. The fraction of sp³-hybridized carbons (Fsp3) is 0.412. The number of aryl methyl sites for hydroxylation is 1. The van der Waals surface area contributed by atoms with Crippen LogP contribution in [-0.2, 0) is 6.42 Å². The van der Waals surface area contributed by atoms with E-state index in [-0.39, 0.29) is 5.91 Å². The Morgan fingerprint density at radius 1 is 1.35 bits per heavy atom. The topological polar surface area (TPSA) is 63.2 Å². The molecule has 23 heavy (non-hydrogen) atoms. The molecule has 6 heteroatoms. The van der Waals surface area contributed by atoms with Crippen LogP contribution in [0.1, 0.15) is 33.8 Å². The van der Waals surface area contributed by atoms with Gasteiger partial charge in [0, 0.05) is 12.6 Å². The molecule has 0 saturated heterocycles. The van der Waals surface area contributed by atoms with Crippen molar-refractivity contribution in [2.24, 2.45) is 0 Å². The van der Waals surface area contributed by atoms with Crippen LogP contribution in [0.4, 0.5) is 5.13 Å². The zero-order chi connectivity index (χ0) is 16.2. The van der Waals surface area contributed by atoms with E-state index in [4.69, 9.17) is 4.74 Å². The molecular weight excluding hydrogens is 310 g/mol. The molecule has 122 valence electrons. The SMILES string of the molecule is COc1ccc(CCNC(=O)c2sc(NC3CC3)nc2C)cc1. The van der Waals surface area contributed by atoms with Crippen molar-refractivity contribution in [2.75, 3.05) is 19.0 Å². The van der Waals surface area contributed by atoms with Crippen molar-refractivity contribution in [3.05, 3.63) is 40.4 Å². The van der Waals surface area contributed by atoms with E-state index in [0.717, 1.165) is 23.0 Å². The lowest BCUT2D eigenvalue weighted by Gasteiger charge is -2.05. The number of amides is 1. The molecule has 1 aliphatic carbocycles. The Bertz CT molecular complexity index is 678. The first kappa shape index (κ1) is 15.8. The minimum absolute atomic E-state index is 0.0441. The van der Waals surface area contributed by atoms with Gasteiger partial charge >= 0.3 is 0 Å². The third kappa shape index (κ3) is 4.22. The molecule has 1 saturated carbocycles. The number of carbonyl (C=O) groups is 1. The normalized spacial score (nSPS) is 13.7. The second kappa shape index (κ2) is 7.00. The van der Waals surface area contributed by atoms with Gasteiger partial charge in [0.1, 0.15) is 10.6 Å². The van der Waals surface area contributed by atoms with E-state index < -0.39 is 0 Å². The zero-order valence-electron chi connectivity index (χ0n) is 13.4. The summed E-state index contributed by atoms with van der Waals surface area (Å²) in [5.74, 6) is 0.797. The van der Waals surface area contributed by atoms with Gasteiger partial charge in [-0.3, -0.25) is 4.79 Å². The summed E-state index contributed by atoms with van der Waals surface area (Å²) in [6, 6.07) is 8.44. The number of nitrogens with one attached hydrogen (secondary N) is 2. The lowest BCUT2D eigenvalue weighted by molar-refractivity contribution is 0.0957. The van der Waals surface area contributed by atoms with Gasteiger partial charge in [-0.2, -0.15) is 0 Å². The van der Waals surface area contributed by atoms with Crippen molar-refractivity contribution in [3.63, 3.8) is 0 Å². The molecule has 3 rings (SSSR count). The molecule has 1 amide bonds. The number of aromatic nitrogens is 1. The van der Waals surface area contributed by atoms with Crippen LogP contribution in [0.5, 0.6) is 5.75 Å². The number of hydrogen-bond donors (Lipinski definition) is 2. The van der Waals surface area contributed by atoms with Crippen LogP contribution in [0.2, 0.25) is 0 Å². The van der Waals surface area contributed by atoms with Crippen molar-refractivity contribution in [2.45, 2.75) is 32.2 Å². The molecular formula is C17H21N3O2S. The van der Waals surface area contributed by atoms with E-state index in [0.29, 0.717) is 17.5 Å². The molecule has 1 aliphatic rings. The van der Waals surface area contributed by atoms with Crippen LogP contribution >= 0.6 is 11.3 Å². The number of carbonyl (C=O) groups excluding carboxylic acids is 1. The maximum absolute atomic E-state index is 12.3. The molecule has 1 fully saturated rings. The number of anilines is 1. The molecule has 5 nitrogen and oxygen atoms in total. The molecule has 0 atom stereocenters. The van der Waals surface area contributed by atoms with Crippen molar-refractivity contribution in [3.8, 4) is 5.75 Å². The smallest absolute Gasteiger partial charge is 0.263 e. The maximum atomic E-state index is 12.3. The largest absolute Gasteiger partial charge is 0.497 e. The van der Waals surface area contributed by atoms with Gasteiger partial charge in [-0.25, -0.2) is 4.98 Å². The zero-order valence-corrected chi connectivity index (χ0v) is 14.2. The highest BCUT2D eigenvalue weighted by Gasteiger charge is 2.23. The number of benzene rings is 1. The molecule has 0 unspecified atom stereocenters. The summed E-state index contributed by atoms with van der Waals surface area (Å²) in [5.41, 5.74) is 1.96. The Labute approximate surface area is 140 Å². The standard InChI is InChI=1S/C17H21N3O2S/c1-11-15(23-17(19-11)20-13-5-6-13)16(21)18-10-9-12-3-7-14(22-2)8-4-12/h3-4,7-8,13H,5-6,9-10H2,1-2H3,(H,18,21)(H,19,20). The van der Waals surface area contributed by atoms with Crippen molar-refractivity contribution in [1.29, 1.82) is 0 Å². The molecule has 0 bridgehead atoms. The number of nitrogens with zero attached hydrogens (tertiary/aromatic N) is 1. The highest BCUT2D eigenvalue weighted by Crippen LogP contribution is 2.29. The minimum atomic E-state index is -0.0441. The summed E-state index contributed by atoms with van der Waals surface area (Å²) >= 11 is 1.44. The maximum Gasteiger partial charge on any atom is 0.263 e. The average molecular weight is 331 g/mol. The molecule has 0 spiro atoms. The van der Waals surface area contributed by atoms with E-state index >= 15 is 0 Å². The van der Waals surface area contributed by atoms with Crippen LogP contribution in [0.25, 0.3) is 0 Å². The second-order valence-electron chi connectivity index (χ2n) is 5.71. The van der Waals surface area contributed by atoms with E-state index in [9.17, 15) is 4.79 Å². The van der Waals surface area contributed by atoms with E-state index in [1.165, 1.54) is 29.7 Å². The van der Waals surface area contributed by atoms with Crippen LogP contribution in [0.15, 0.2) is 24.3 Å². The summed E-state index contributed by atoms with van der Waals surface area (Å²) in [4.78, 5) is 17.4. The van der Waals surface area contributed by atoms with Gasteiger partial charge in [0.25, 0.3) is 5.91 Å². The van der Waals surface area contributed by atoms with E-state index in [1.54, 1.807) is 7.11 Å². The Morgan fingerprint density at radius 3 is 2.74 bits per heavy atom. The first-order valence-electron chi connectivity index (χ1n) is 7.81. The van der Waals surface area contributed by atoms with Crippen LogP contribution in [0.3, 0.4) is 0 Å². The molecule has 1 aromatic heterocycles. The quantitative estimate of drug-likeness (QED) is 0.819. The van der Waals surface area contributed by atoms with Crippen LogP contribution < -0.4 is 15.4 Å². The summed E-state index contributed by atoms with van der Waals surface area (Å²) in [7, 11) is 1.65. The Morgan fingerprint density at radius 2 is 2.09 bits per heavy atom. The summed E-state index contributed by atoms with van der Waals surface area (Å²) in [6.07, 6.45) is 3.19. The molecule has 1 heterocycles. The van der Waals surface area contributed by atoms with Gasteiger partial charge in [-0.05, 0) is 43.9 Å². The monoisotopic (exact) mass is 331 g/mol. The fourth-order valence-electron chi connectivity index (χ4n) is 2.26. The fourth-order valence-corrected chi connectivity index (χ4v) is 3.22. The number of rotatable bonds is 7. The first-order chi connectivity index (χ1) is 11.2. The van der Waals surface area contributed by atoms with Gasteiger partial charge in [0.2, 0.25) is 0 Å². The summed E-state index contributed by atoms with van der Waals surface area (Å²) < 4.78 is 5.14. The number of hydrogen-bond acceptors (Lipinski definition) is 5. The highest BCUT2D eigenvalue weighted by atomic mass is 32.1. The van der Waals surface area contributed by atoms with Gasteiger partial charge in [-0.1, -0.05) is 23.5 Å². The van der Waals surface area contributed by atoms with Gasteiger partial charge in [0.15, 0.2) is 5.13 Å². The Balaban J connectivity index is 1.51. The third-order valence-electron chi connectivity index (χ3n) is 3.77. The van der Waals surface area contributed by atoms with Gasteiger partial charge in [-0.15, -0.1) is 0 Å². The lowest BCUT2D eigenvalue weighted by Crippen LogP contribution is -2.25. The summed E-state index contributed by atoms with van der Waals surface area (Å²) in [5, 5.41) is 7.16. The van der Waals surface area contributed by atoms with Crippen LogP contribution in [-0.4, -0.2) is 30.6 Å². The van der Waals surface area contributed by atoms with E-state index in [2.05, 4.69) is 15.6 Å². The number of thiazole rings is 1. The van der Waals surface area contributed by atoms with Crippen LogP contribution in [0, 0.1) is 6.92 Å². The first-order valence-corrected chi connectivity index (χ1v) is 8.62. The molecule has 2 N–H and O–H groups in total. The molecule has 1 aromatic carbocycles. The summed E-state index contributed by atoms with van der Waals surface area (Å²) in [6.45, 7) is 2.49. The highest BCUT2D eigenvalue weighted by molar-refractivity contribution is 7.17. The molecule has 0 radical (unpaired) electrons. The second-order valence-corrected chi connectivity index (χ2v) is 6.71. The van der Waals surface area contributed by atoms with Gasteiger partial charge in [0.05, 0.1) is 12.8 Å². The third-order valence-corrected chi connectivity index (χ3v) is 4.85.